The van der Waals surface area contributed by atoms with Crippen molar-refractivity contribution in [2.45, 2.75) is 72.1 Å². The van der Waals surface area contributed by atoms with Gasteiger partial charge in [-0.25, -0.2) is 9.97 Å². The molecule has 2 atom stereocenters. The van der Waals surface area contributed by atoms with E-state index in [1.807, 2.05) is 16.2 Å². The molecule has 2 unspecified atom stereocenters. The predicted octanol–water partition coefficient (Wildman–Crippen LogP) is 4.32. The van der Waals surface area contributed by atoms with Crippen molar-refractivity contribution in [1.29, 1.82) is 0 Å². The maximum Gasteiger partial charge on any atom is 0.306 e. The molecule has 2 aliphatic rings. The fraction of sp³-hybridized carbons (Fsp3) is 0.680. The molecule has 2 aromatic rings. The van der Waals surface area contributed by atoms with Crippen molar-refractivity contribution >= 4 is 39.2 Å². The lowest BCUT2D eigenvalue weighted by Gasteiger charge is -2.36. The van der Waals surface area contributed by atoms with Crippen molar-refractivity contribution in [2.24, 2.45) is 5.92 Å². The molecule has 0 spiro atoms. The van der Waals surface area contributed by atoms with Gasteiger partial charge in [0.1, 0.15) is 16.5 Å². The highest BCUT2D eigenvalue weighted by Gasteiger charge is 2.29. The lowest BCUT2D eigenvalue weighted by molar-refractivity contribution is -0.145. The molecule has 1 fully saturated rings. The van der Waals surface area contributed by atoms with Gasteiger partial charge in [-0.1, -0.05) is 20.8 Å². The van der Waals surface area contributed by atoms with Crippen LogP contribution in [0.4, 0.5) is 5.82 Å². The average Bonchev–Trinajstić information content (AvgIpc) is 3.19. The number of hydrogen-bond acceptors (Lipinski definition) is 7. The van der Waals surface area contributed by atoms with Crippen molar-refractivity contribution in [3.63, 3.8) is 0 Å². The number of thiophene rings is 1. The standard InChI is InChI=1S/C25H36N4O3S/c1-5-17(4)23-26-24(22-18-8-7-16(3)15-19(18)33-25(22)27-23)29-13-11-28(12-14-29)20(30)9-10-21(31)32-6-2/h16-17H,5-15H2,1-4H3. The lowest BCUT2D eigenvalue weighted by atomic mass is 9.89. The van der Waals surface area contributed by atoms with Gasteiger partial charge >= 0.3 is 5.97 Å². The van der Waals surface area contributed by atoms with Gasteiger partial charge < -0.3 is 14.5 Å². The topological polar surface area (TPSA) is 75.6 Å². The van der Waals surface area contributed by atoms with Gasteiger partial charge in [0.25, 0.3) is 0 Å². The summed E-state index contributed by atoms with van der Waals surface area (Å²) in [5.74, 6) is 2.75. The molecule has 33 heavy (non-hydrogen) atoms. The number of amides is 1. The Hall–Kier alpha value is -2.22. The fourth-order valence-corrected chi connectivity index (χ4v) is 6.12. The Balaban J connectivity index is 1.54. The second-order valence-electron chi connectivity index (χ2n) is 9.42. The van der Waals surface area contributed by atoms with Crippen molar-refractivity contribution < 1.29 is 14.3 Å². The van der Waals surface area contributed by atoms with Crippen LogP contribution in [0.15, 0.2) is 0 Å². The molecule has 1 saturated heterocycles. The summed E-state index contributed by atoms with van der Waals surface area (Å²) in [4.78, 5) is 41.1. The summed E-state index contributed by atoms with van der Waals surface area (Å²) < 4.78 is 4.95. The lowest BCUT2D eigenvalue weighted by Crippen LogP contribution is -2.49. The Labute approximate surface area is 200 Å². The zero-order chi connectivity index (χ0) is 23.5. The molecule has 7 nitrogen and oxygen atoms in total. The number of esters is 1. The van der Waals surface area contributed by atoms with Crippen LogP contribution in [-0.2, 0) is 27.2 Å². The summed E-state index contributed by atoms with van der Waals surface area (Å²) in [6.07, 6.45) is 4.82. The third-order valence-electron chi connectivity index (χ3n) is 6.99. The van der Waals surface area contributed by atoms with Crippen LogP contribution in [0.1, 0.15) is 75.6 Å². The number of anilines is 1. The van der Waals surface area contributed by atoms with Crippen molar-refractivity contribution in [3.8, 4) is 0 Å². The van der Waals surface area contributed by atoms with Gasteiger partial charge in [-0.15, -0.1) is 11.3 Å². The Morgan fingerprint density at radius 2 is 1.91 bits per heavy atom. The third-order valence-corrected chi connectivity index (χ3v) is 8.13. The summed E-state index contributed by atoms with van der Waals surface area (Å²) >= 11 is 1.86. The smallest absolute Gasteiger partial charge is 0.306 e. The minimum Gasteiger partial charge on any atom is -0.466 e. The summed E-state index contributed by atoms with van der Waals surface area (Å²) in [7, 11) is 0. The molecule has 0 aromatic carbocycles. The van der Waals surface area contributed by atoms with E-state index in [-0.39, 0.29) is 24.7 Å². The summed E-state index contributed by atoms with van der Waals surface area (Å²) in [6.45, 7) is 11.6. The quantitative estimate of drug-likeness (QED) is 0.559. The predicted molar refractivity (Wildman–Crippen MR) is 132 cm³/mol. The molecule has 180 valence electrons. The van der Waals surface area contributed by atoms with E-state index in [2.05, 4.69) is 25.7 Å². The number of carbonyl (C=O) groups is 2. The largest absolute Gasteiger partial charge is 0.466 e. The minimum absolute atomic E-state index is 0.0257. The first kappa shape index (κ1) is 23.9. The van der Waals surface area contributed by atoms with Gasteiger partial charge in [-0.05, 0) is 44.1 Å². The van der Waals surface area contributed by atoms with Crippen molar-refractivity contribution in [3.05, 3.63) is 16.3 Å². The number of piperazine rings is 1. The van der Waals surface area contributed by atoms with Gasteiger partial charge in [-0.3, -0.25) is 9.59 Å². The molecule has 2 aromatic heterocycles. The van der Waals surface area contributed by atoms with Crippen LogP contribution in [-0.4, -0.2) is 59.5 Å². The van der Waals surface area contributed by atoms with Crippen LogP contribution >= 0.6 is 11.3 Å². The van der Waals surface area contributed by atoms with Gasteiger partial charge in [0.05, 0.1) is 18.4 Å². The summed E-state index contributed by atoms with van der Waals surface area (Å²) in [5.41, 5.74) is 1.45. The van der Waals surface area contributed by atoms with Crippen molar-refractivity contribution in [2.75, 3.05) is 37.7 Å². The Kier molecular flexibility index (Phi) is 7.51. The zero-order valence-electron chi connectivity index (χ0n) is 20.4. The minimum atomic E-state index is -0.304. The van der Waals surface area contributed by atoms with Gasteiger partial charge in [0.2, 0.25) is 5.91 Å². The molecule has 1 aliphatic carbocycles. The molecule has 1 amide bonds. The highest BCUT2D eigenvalue weighted by Crippen LogP contribution is 2.41. The maximum absolute atomic E-state index is 12.6. The number of hydrogen-bond donors (Lipinski definition) is 0. The summed E-state index contributed by atoms with van der Waals surface area (Å²) in [5, 5.41) is 1.25. The first-order valence-electron chi connectivity index (χ1n) is 12.4. The molecule has 3 heterocycles. The highest BCUT2D eigenvalue weighted by atomic mass is 32.1. The second kappa shape index (κ2) is 10.4. The monoisotopic (exact) mass is 472 g/mol. The zero-order valence-corrected chi connectivity index (χ0v) is 21.2. The summed E-state index contributed by atoms with van der Waals surface area (Å²) in [6, 6.07) is 0. The molecule has 0 saturated carbocycles. The number of nitrogens with zero attached hydrogens (tertiary/aromatic N) is 4. The molecule has 4 rings (SSSR count). The van der Waals surface area contributed by atoms with E-state index in [0.717, 1.165) is 54.7 Å². The highest BCUT2D eigenvalue weighted by molar-refractivity contribution is 7.19. The van der Waals surface area contributed by atoms with E-state index in [4.69, 9.17) is 14.7 Å². The SMILES string of the molecule is CCOC(=O)CCC(=O)N1CCN(c2nc(C(C)CC)nc3sc4c(c23)CCC(C)C4)CC1. The van der Waals surface area contributed by atoms with Crippen LogP contribution < -0.4 is 4.90 Å². The number of aromatic nitrogens is 2. The first-order chi connectivity index (χ1) is 15.9. The Morgan fingerprint density at radius 3 is 2.61 bits per heavy atom. The molecule has 8 heteroatoms. The molecular formula is C25H36N4O3S. The van der Waals surface area contributed by atoms with Crippen LogP contribution in [0.25, 0.3) is 10.2 Å². The number of rotatable bonds is 7. The van der Waals surface area contributed by atoms with E-state index in [0.29, 0.717) is 25.6 Å². The van der Waals surface area contributed by atoms with Crippen molar-refractivity contribution in [1.82, 2.24) is 14.9 Å². The molecular weight excluding hydrogens is 436 g/mol. The van der Waals surface area contributed by atoms with Crippen LogP contribution in [0.3, 0.4) is 0 Å². The van der Waals surface area contributed by atoms with Gasteiger partial charge in [-0.2, -0.15) is 0 Å². The molecule has 1 aliphatic heterocycles. The van der Waals surface area contributed by atoms with E-state index in [1.165, 1.54) is 22.2 Å². The van der Waals surface area contributed by atoms with Gasteiger partial charge in [0.15, 0.2) is 0 Å². The van der Waals surface area contributed by atoms with Crippen LogP contribution in [0.5, 0.6) is 0 Å². The average molecular weight is 473 g/mol. The Bertz CT molecular complexity index is 1010. The van der Waals surface area contributed by atoms with Crippen LogP contribution in [0.2, 0.25) is 0 Å². The Morgan fingerprint density at radius 1 is 1.15 bits per heavy atom. The van der Waals surface area contributed by atoms with E-state index in [9.17, 15) is 9.59 Å². The van der Waals surface area contributed by atoms with E-state index < -0.39 is 0 Å². The first-order valence-corrected chi connectivity index (χ1v) is 13.2. The second-order valence-corrected chi connectivity index (χ2v) is 10.5. The number of fused-ring (bicyclic) bond motifs is 3. The molecule has 0 N–H and O–H groups in total. The number of aryl methyl sites for hydroxylation is 1. The van der Waals surface area contributed by atoms with E-state index >= 15 is 0 Å². The normalized spacial score (nSPS) is 19.5. The maximum atomic E-state index is 12.6. The fourth-order valence-electron chi connectivity index (χ4n) is 4.74. The van der Waals surface area contributed by atoms with Crippen LogP contribution in [0, 0.1) is 5.92 Å². The van der Waals surface area contributed by atoms with Gasteiger partial charge in [0, 0.05) is 43.4 Å². The third kappa shape index (κ3) is 5.15. The number of ether oxygens (including phenoxy) is 1. The van der Waals surface area contributed by atoms with E-state index in [1.54, 1.807) is 6.92 Å². The molecule has 0 radical (unpaired) electrons. The number of carbonyl (C=O) groups excluding carboxylic acids is 2. The molecule has 0 bridgehead atoms.